The van der Waals surface area contributed by atoms with Crippen molar-refractivity contribution in [1.82, 2.24) is 20.3 Å². The molecule has 2 N–H and O–H groups in total. The van der Waals surface area contributed by atoms with Crippen molar-refractivity contribution in [3.8, 4) is 0 Å². The van der Waals surface area contributed by atoms with Crippen LogP contribution < -0.4 is 16.4 Å². The molecule has 4 aliphatic rings. The van der Waals surface area contributed by atoms with Crippen molar-refractivity contribution in [3.63, 3.8) is 0 Å². The molecule has 6 atom stereocenters. The van der Waals surface area contributed by atoms with E-state index in [-0.39, 0.29) is 23.3 Å². The Hall–Kier alpha value is -1.83. The number of hydrazine groups is 1. The Bertz CT molecular complexity index is 1150. The maximum absolute atomic E-state index is 14.9. The average molecular weight is 571 g/mol. The molecule has 2 heterocycles. The van der Waals surface area contributed by atoms with E-state index in [4.69, 9.17) is 0 Å². The topological polar surface area (TPSA) is 49.3 Å². The van der Waals surface area contributed by atoms with Gasteiger partial charge in [0.2, 0.25) is 0 Å². The molecule has 1 saturated heterocycles. The zero-order valence-electron chi connectivity index (χ0n) is 25.7. The largest absolute Gasteiger partial charge is 0.312 e. The van der Waals surface area contributed by atoms with E-state index in [1.165, 1.54) is 44.9 Å². The Labute approximate surface area is 245 Å². The Morgan fingerprint density at radius 1 is 1.07 bits per heavy atom. The number of alkyl halides is 2. The molecule has 0 amide bonds. The van der Waals surface area contributed by atoms with Gasteiger partial charge in [-0.05, 0) is 74.3 Å². The summed E-state index contributed by atoms with van der Waals surface area (Å²) < 4.78 is 31.7. The summed E-state index contributed by atoms with van der Waals surface area (Å²) in [5.41, 5.74) is 8.27. The van der Waals surface area contributed by atoms with Crippen molar-refractivity contribution >= 4 is 5.57 Å². The highest BCUT2D eigenvalue weighted by atomic mass is 19.3. The first-order valence-corrected chi connectivity index (χ1v) is 16.4. The van der Waals surface area contributed by atoms with E-state index in [0.29, 0.717) is 53.6 Å². The minimum atomic E-state index is -2.96. The molecule has 0 radical (unpaired) electrons. The molecule has 41 heavy (non-hydrogen) atoms. The molecule has 1 aliphatic heterocycles. The van der Waals surface area contributed by atoms with Crippen molar-refractivity contribution in [1.29, 1.82) is 0 Å². The van der Waals surface area contributed by atoms with Crippen LogP contribution in [-0.2, 0) is 6.42 Å². The predicted molar refractivity (Wildman–Crippen MR) is 163 cm³/mol. The molecule has 2 saturated carbocycles. The van der Waals surface area contributed by atoms with E-state index in [1.807, 2.05) is 22.9 Å². The molecular formula is C34H52F2N4O. The summed E-state index contributed by atoms with van der Waals surface area (Å²) in [6.45, 7) is 6.41. The van der Waals surface area contributed by atoms with Crippen molar-refractivity contribution in [3.05, 3.63) is 52.0 Å². The number of halogens is 2. The second-order valence-electron chi connectivity index (χ2n) is 13.5. The number of nitrogens with zero attached hydrogens (tertiary/aromatic N) is 2. The van der Waals surface area contributed by atoms with Crippen LogP contribution in [0.1, 0.15) is 109 Å². The lowest BCUT2D eigenvalue weighted by Crippen LogP contribution is -2.49. The average Bonchev–Trinajstić information content (AvgIpc) is 3.60. The molecule has 7 heteroatoms. The van der Waals surface area contributed by atoms with Gasteiger partial charge in [0.15, 0.2) is 0 Å². The summed E-state index contributed by atoms with van der Waals surface area (Å²) >= 11 is 0. The normalized spacial score (nSPS) is 30.3. The van der Waals surface area contributed by atoms with E-state index in [1.54, 1.807) is 12.1 Å². The molecule has 0 bridgehead atoms. The maximum Gasteiger partial charge on any atom is 0.270 e. The van der Waals surface area contributed by atoms with Gasteiger partial charge in [0.1, 0.15) is 0 Å². The molecule has 1 aromatic heterocycles. The van der Waals surface area contributed by atoms with Crippen LogP contribution >= 0.6 is 0 Å². The highest BCUT2D eigenvalue weighted by Crippen LogP contribution is 2.50. The quantitative estimate of drug-likeness (QED) is 0.306. The van der Waals surface area contributed by atoms with E-state index < -0.39 is 5.92 Å². The Kier molecular flexibility index (Phi) is 9.87. The number of pyridine rings is 1. The fourth-order valence-corrected chi connectivity index (χ4v) is 8.86. The van der Waals surface area contributed by atoms with Crippen LogP contribution in [-0.4, -0.2) is 35.3 Å². The summed E-state index contributed by atoms with van der Waals surface area (Å²) in [6, 6.07) is 1.68. The van der Waals surface area contributed by atoms with Gasteiger partial charge >= 0.3 is 0 Å². The molecule has 0 aromatic carbocycles. The van der Waals surface area contributed by atoms with Gasteiger partial charge in [-0.25, -0.2) is 19.6 Å². The highest BCUT2D eigenvalue weighted by Gasteiger charge is 2.45. The molecule has 1 aromatic rings. The van der Waals surface area contributed by atoms with Crippen molar-refractivity contribution in [2.45, 2.75) is 116 Å². The molecular weight excluding hydrogens is 518 g/mol. The molecule has 3 unspecified atom stereocenters. The number of rotatable bonds is 9. The Morgan fingerprint density at radius 3 is 2.49 bits per heavy atom. The second-order valence-corrected chi connectivity index (χ2v) is 13.5. The number of aromatic nitrogens is 1. The molecule has 5 rings (SSSR count). The summed E-state index contributed by atoms with van der Waals surface area (Å²) in [6.07, 6.45) is 20.4. The monoisotopic (exact) mass is 570 g/mol. The summed E-state index contributed by atoms with van der Waals surface area (Å²) in [5.74, 6) is -0.143. The molecule has 3 fully saturated rings. The predicted octanol–water partition coefficient (Wildman–Crippen LogP) is 7.30. The first-order valence-electron chi connectivity index (χ1n) is 16.4. The van der Waals surface area contributed by atoms with Crippen LogP contribution in [0.5, 0.6) is 0 Å². The number of fused-ring (bicyclic) bond motifs is 1. The molecule has 3 aliphatic carbocycles. The van der Waals surface area contributed by atoms with Gasteiger partial charge in [0, 0.05) is 36.4 Å². The molecule has 0 spiro atoms. The van der Waals surface area contributed by atoms with Gasteiger partial charge in [-0.1, -0.05) is 77.0 Å². The van der Waals surface area contributed by atoms with Crippen LogP contribution in [0.3, 0.4) is 0 Å². The lowest BCUT2D eigenvalue weighted by molar-refractivity contribution is 0.0327. The first kappa shape index (κ1) is 30.6. The smallest absolute Gasteiger partial charge is 0.270 e. The highest BCUT2D eigenvalue weighted by molar-refractivity contribution is 5.73. The zero-order chi connectivity index (χ0) is 29.1. The lowest BCUT2D eigenvalue weighted by Gasteiger charge is -2.46. The van der Waals surface area contributed by atoms with Crippen molar-refractivity contribution in [2.75, 3.05) is 13.7 Å². The van der Waals surface area contributed by atoms with Gasteiger partial charge in [-0.2, -0.15) is 0 Å². The number of hydrogen-bond acceptors (Lipinski definition) is 4. The minimum absolute atomic E-state index is 0.0266. The summed E-state index contributed by atoms with van der Waals surface area (Å²) in [4.78, 5) is 16.2. The second kappa shape index (κ2) is 13.2. The number of hydrogen-bond donors (Lipinski definition) is 2. The standard InChI is InChI=1S/C34H52F2N4O/c1-5-12-23(6-2)26-17-27(32(24-13-10-11-14-24)33-38-37-22-39(33)4)19-28(18-26)40-21-29-25(20-31(40)41)15-8-7-9-16-30(29)34(3,35)36/h7-8,16,20-21,23-24,26-28,32-33,37-38H,5-6,9-15,17-19,22H2,1-4H3/b8-7-,30-16?/t23-,26?,27-,28?,32-,33?/m1/s1. The summed E-state index contributed by atoms with van der Waals surface area (Å²) in [5, 5.41) is 0. The lowest BCUT2D eigenvalue weighted by atomic mass is 9.64. The van der Waals surface area contributed by atoms with Gasteiger partial charge in [-0.3, -0.25) is 9.69 Å². The van der Waals surface area contributed by atoms with E-state index >= 15 is 0 Å². The Morgan fingerprint density at radius 2 is 1.83 bits per heavy atom. The number of nitrogens with one attached hydrogen (secondary N) is 2. The van der Waals surface area contributed by atoms with Gasteiger partial charge in [-0.15, -0.1) is 0 Å². The van der Waals surface area contributed by atoms with E-state index in [0.717, 1.165) is 32.9 Å². The van der Waals surface area contributed by atoms with E-state index in [9.17, 15) is 13.6 Å². The molecule has 228 valence electrons. The van der Waals surface area contributed by atoms with Gasteiger partial charge < -0.3 is 4.57 Å². The number of allylic oxidation sites excluding steroid dienone is 4. The van der Waals surface area contributed by atoms with Crippen LogP contribution in [0.4, 0.5) is 8.78 Å². The van der Waals surface area contributed by atoms with Crippen molar-refractivity contribution < 1.29 is 8.78 Å². The van der Waals surface area contributed by atoms with Crippen LogP contribution in [0.15, 0.2) is 35.3 Å². The fourth-order valence-electron chi connectivity index (χ4n) is 8.86. The third-order valence-electron chi connectivity index (χ3n) is 10.8. The van der Waals surface area contributed by atoms with Crippen LogP contribution in [0.2, 0.25) is 0 Å². The van der Waals surface area contributed by atoms with Gasteiger partial charge in [0.25, 0.3) is 11.5 Å². The van der Waals surface area contributed by atoms with Crippen LogP contribution in [0, 0.1) is 29.6 Å². The van der Waals surface area contributed by atoms with Gasteiger partial charge in [0.05, 0.1) is 12.8 Å². The maximum atomic E-state index is 14.9. The minimum Gasteiger partial charge on any atom is -0.312 e. The zero-order valence-corrected chi connectivity index (χ0v) is 25.7. The van der Waals surface area contributed by atoms with E-state index in [2.05, 4.69) is 36.6 Å². The fraction of sp³-hybridized carbons (Fsp3) is 0.735. The van der Waals surface area contributed by atoms with Crippen LogP contribution in [0.25, 0.3) is 5.57 Å². The van der Waals surface area contributed by atoms with Crippen molar-refractivity contribution in [2.24, 2.45) is 29.6 Å². The first-order chi connectivity index (χ1) is 19.7. The Balaban J connectivity index is 1.56. The third-order valence-corrected chi connectivity index (χ3v) is 10.8. The third kappa shape index (κ3) is 6.73. The SMILES string of the molecule is CCC[C@@H](CC)C1CC(n2cc3c(cc2=O)C/C=C\CC=C3C(C)(F)F)C[C@H]([C@@H](C2CCCC2)C2NNCN2C)C1. The summed E-state index contributed by atoms with van der Waals surface area (Å²) in [7, 11) is 2.20. The molecule has 5 nitrogen and oxygen atoms in total.